The lowest BCUT2D eigenvalue weighted by molar-refractivity contribution is -0.115. The molecule has 0 fully saturated rings. The predicted octanol–water partition coefficient (Wildman–Crippen LogP) is 1.47. The van der Waals surface area contributed by atoms with Crippen molar-refractivity contribution in [1.82, 2.24) is 5.32 Å². The zero-order valence-electron chi connectivity index (χ0n) is 11.1. The van der Waals surface area contributed by atoms with Crippen molar-refractivity contribution in [3.63, 3.8) is 0 Å². The summed E-state index contributed by atoms with van der Waals surface area (Å²) in [4.78, 5) is 11.6. The van der Waals surface area contributed by atoms with Gasteiger partial charge in [0.05, 0.1) is 12.1 Å². The number of rotatable bonds is 7. The van der Waals surface area contributed by atoms with Crippen molar-refractivity contribution in [2.75, 3.05) is 30.4 Å². The van der Waals surface area contributed by atoms with E-state index in [0.29, 0.717) is 18.0 Å². The van der Waals surface area contributed by atoms with E-state index in [1.165, 1.54) is 30.0 Å². The first-order chi connectivity index (χ1) is 8.93. The largest absolute Gasteiger partial charge is 0.388 e. The Balaban J connectivity index is 2.32. The molecule has 0 aromatic heterocycles. The van der Waals surface area contributed by atoms with Gasteiger partial charge in [0.1, 0.15) is 5.82 Å². The van der Waals surface area contributed by atoms with Crippen molar-refractivity contribution in [3.05, 3.63) is 30.1 Å². The van der Waals surface area contributed by atoms with Gasteiger partial charge in [-0.1, -0.05) is 6.07 Å². The van der Waals surface area contributed by atoms with Crippen molar-refractivity contribution in [2.24, 2.45) is 0 Å². The molecule has 3 N–H and O–H groups in total. The van der Waals surface area contributed by atoms with Gasteiger partial charge in [0, 0.05) is 18.0 Å². The van der Waals surface area contributed by atoms with E-state index < -0.39 is 11.4 Å². The van der Waals surface area contributed by atoms with Gasteiger partial charge in [0.25, 0.3) is 0 Å². The predicted molar refractivity (Wildman–Crippen MR) is 76.9 cm³/mol. The number of benzene rings is 1. The van der Waals surface area contributed by atoms with Crippen LogP contribution in [0.3, 0.4) is 0 Å². The molecule has 1 unspecified atom stereocenters. The topological polar surface area (TPSA) is 61.4 Å². The third-order valence-corrected chi connectivity index (χ3v) is 3.27. The van der Waals surface area contributed by atoms with Gasteiger partial charge in [-0.2, -0.15) is 11.8 Å². The Kier molecular flexibility index (Phi) is 6.27. The van der Waals surface area contributed by atoms with Crippen LogP contribution in [-0.2, 0) is 4.79 Å². The van der Waals surface area contributed by atoms with E-state index >= 15 is 0 Å². The second kappa shape index (κ2) is 7.47. The molecule has 1 amide bonds. The molecular weight excluding hydrogens is 267 g/mol. The quantitative estimate of drug-likeness (QED) is 0.710. The molecule has 0 saturated carbocycles. The molecule has 4 nitrogen and oxygen atoms in total. The van der Waals surface area contributed by atoms with Crippen LogP contribution in [0.5, 0.6) is 0 Å². The normalized spacial score (nSPS) is 13.9. The van der Waals surface area contributed by atoms with Gasteiger partial charge in [-0.3, -0.25) is 4.79 Å². The van der Waals surface area contributed by atoms with Crippen LogP contribution in [0.2, 0.25) is 0 Å². The number of aliphatic hydroxyl groups is 1. The van der Waals surface area contributed by atoms with Crippen molar-refractivity contribution in [2.45, 2.75) is 12.5 Å². The third-order valence-electron chi connectivity index (χ3n) is 2.36. The first kappa shape index (κ1) is 15.9. The van der Waals surface area contributed by atoms with Crippen molar-refractivity contribution in [3.8, 4) is 0 Å². The number of halogens is 1. The molecule has 0 saturated heterocycles. The molecule has 0 aliphatic carbocycles. The number of hydrogen-bond acceptors (Lipinski definition) is 4. The van der Waals surface area contributed by atoms with Crippen LogP contribution in [-0.4, -0.2) is 41.7 Å². The Labute approximate surface area is 116 Å². The van der Waals surface area contributed by atoms with Gasteiger partial charge < -0.3 is 15.7 Å². The second-order valence-electron chi connectivity index (χ2n) is 4.59. The highest BCUT2D eigenvalue weighted by Gasteiger charge is 2.19. The second-order valence-corrected chi connectivity index (χ2v) is 5.46. The minimum Gasteiger partial charge on any atom is -0.388 e. The van der Waals surface area contributed by atoms with Gasteiger partial charge in [-0.15, -0.1) is 0 Å². The van der Waals surface area contributed by atoms with Gasteiger partial charge in [0.2, 0.25) is 5.91 Å². The zero-order chi connectivity index (χ0) is 14.3. The molecule has 0 aliphatic rings. The summed E-state index contributed by atoms with van der Waals surface area (Å²) < 4.78 is 12.9. The fourth-order valence-corrected chi connectivity index (χ4v) is 2.30. The summed E-state index contributed by atoms with van der Waals surface area (Å²) in [6.45, 7) is 2.10. The molecule has 1 rings (SSSR count). The summed E-state index contributed by atoms with van der Waals surface area (Å²) in [5.74, 6) is -0.0786. The van der Waals surface area contributed by atoms with Crippen molar-refractivity contribution in [1.29, 1.82) is 0 Å². The molecule has 1 aromatic carbocycles. The van der Waals surface area contributed by atoms with E-state index in [9.17, 15) is 14.3 Å². The molecule has 1 atom stereocenters. The maximum Gasteiger partial charge on any atom is 0.238 e. The molecule has 0 heterocycles. The first-order valence-corrected chi connectivity index (χ1v) is 7.30. The number of carbonyl (C=O) groups excluding carboxylic acids is 1. The summed E-state index contributed by atoms with van der Waals surface area (Å²) in [6.07, 6.45) is 1.91. The number of hydrogen-bond donors (Lipinski definition) is 3. The molecule has 0 spiro atoms. The number of carbonyl (C=O) groups is 1. The van der Waals surface area contributed by atoms with Crippen molar-refractivity contribution < 1.29 is 14.3 Å². The Morgan fingerprint density at radius 2 is 2.26 bits per heavy atom. The molecule has 106 valence electrons. The van der Waals surface area contributed by atoms with Crippen LogP contribution in [0.4, 0.5) is 10.1 Å². The molecule has 6 heteroatoms. The summed E-state index contributed by atoms with van der Waals surface area (Å²) in [5, 5.41) is 15.3. The van der Waals surface area contributed by atoms with Crippen LogP contribution >= 0.6 is 11.8 Å². The number of amides is 1. The average Bonchev–Trinajstić information content (AvgIpc) is 2.28. The summed E-state index contributed by atoms with van der Waals surface area (Å²) in [7, 11) is 0. The molecule has 19 heavy (non-hydrogen) atoms. The van der Waals surface area contributed by atoms with E-state index in [0.717, 1.165) is 0 Å². The van der Waals surface area contributed by atoms with E-state index in [4.69, 9.17) is 0 Å². The average molecular weight is 286 g/mol. The van der Waals surface area contributed by atoms with Crippen LogP contribution in [0.1, 0.15) is 6.92 Å². The van der Waals surface area contributed by atoms with Gasteiger partial charge >= 0.3 is 0 Å². The Morgan fingerprint density at radius 3 is 2.89 bits per heavy atom. The van der Waals surface area contributed by atoms with Gasteiger partial charge in [0.15, 0.2) is 0 Å². The molecule has 1 aromatic rings. The maximum atomic E-state index is 12.9. The van der Waals surface area contributed by atoms with Crippen LogP contribution in [0.15, 0.2) is 24.3 Å². The van der Waals surface area contributed by atoms with Crippen LogP contribution in [0.25, 0.3) is 0 Å². The summed E-state index contributed by atoms with van der Waals surface area (Å²) >= 11 is 1.54. The molecule has 0 aliphatic heterocycles. The fourth-order valence-electron chi connectivity index (χ4n) is 1.58. The summed E-state index contributed by atoms with van der Waals surface area (Å²) in [5.41, 5.74) is -0.430. The van der Waals surface area contributed by atoms with E-state index in [1.807, 2.05) is 6.26 Å². The van der Waals surface area contributed by atoms with Gasteiger partial charge in [-0.05, 0) is 31.4 Å². The lowest BCUT2D eigenvalue weighted by atomic mass is 10.1. The molecule has 0 bridgehead atoms. The highest BCUT2D eigenvalue weighted by Crippen LogP contribution is 2.10. The van der Waals surface area contributed by atoms with Crippen LogP contribution in [0, 0.1) is 5.82 Å². The minimum atomic E-state index is -0.849. The Morgan fingerprint density at radius 1 is 1.53 bits per heavy atom. The van der Waals surface area contributed by atoms with E-state index in [1.54, 1.807) is 13.0 Å². The number of nitrogens with one attached hydrogen (secondary N) is 2. The standard InChI is InChI=1S/C13H19FN2O2S/c1-13(18,9-19-2)8-15-7-12(17)16-11-5-3-4-10(14)6-11/h3-6,15,18H,7-9H2,1-2H3,(H,16,17). The highest BCUT2D eigenvalue weighted by atomic mass is 32.2. The monoisotopic (exact) mass is 286 g/mol. The van der Waals surface area contributed by atoms with E-state index in [2.05, 4.69) is 10.6 Å². The third kappa shape index (κ3) is 6.56. The lowest BCUT2D eigenvalue weighted by Gasteiger charge is -2.22. The Bertz CT molecular complexity index is 427. The van der Waals surface area contributed by atoms with Crippen LogP contribution < -0.4 is 10.6 Å². The highest BCUT2D eigenvalue weighted by molar-refractivity contribution is 7.98. The maximum absolute atomic E-state index is 12.9. The zero-order valence-corrected chi connectivity index (χ0v) is 11.9. The number of anilines is 1. The smallest absolute Gasteiger partial charge is 0.238 e. The SMILES string of the molecule is CSCC(C)(O)CNCC(=O)Nc1cccc(F)c1. The summed E-state index contributed by atoms with van der Waals surface area (Å²) in [6, 6.07) is 5.71. The fraction of sp³-hybridized carbons (Fsp3) is 0.462. The molecular formula is C13H19FN2O2S. The number of thioether (sulfide) groups is 1. The Hall–Kier alpha value is -1.11. The first-order valence-electron chi connectivity index (χ1n) is 5.90. The van der Waals surface area contributed by atoms with Crippen molar-refractivity contribution >= 4 is 23.4 Å². The minimum absolute atomic E-state index is 0.0705. The van der Waals surface area contributed by atoms with E-state index in [-0.39, 0.29) is 12.5 Å². The van der Waals surface area contributed by atoms with Gasteiger partial charge in [-0.25, -0.2) is 4.39 Å². The lowest BCUT2D eigenvalue weighted by Crippen LogP contribution is -2.42. The molecule has 0 radical (unpaired) electrons.